The number of carbonyl (C=O) groups excluding carboxylic acids is 2. The molecule has 6 rings (SSSR count). The Labute approximate surface area is 382 Å². The van der Waals surface area contributed by atoms with Gasteiger partial charge < -0.3 is 20.9 Å². The zero-order valence-electron chi connectivity index (χ0n) is 36.6. The molecule has 368 valence electrons. The number of hydrogen-bond acceptors (Lipinski definition) is 14. The molecule has 7 N–H and O–H groups in total. The molecule has 0 bridgehead atoms. The molecule has 6 heterocycles. The van der Waals surface area contributed by atoms with Crippen molar-refractivity contribution < 1.29 is 57.2 Å². The summed E-state index contributed by atoms with van der Waals surface area (Å²) in [7, 11) is -7.87. The highest BCUT2D eigenvalue weighted by atomic mass is 32.2. The number of nitrogens with two attached hydrogens (primary N) is 3. The summed E-state index contributed by atoms with van der Waals surface area (Å²) in [4.78, 5) is 48.1. The third-order valence-electron chi connectivity index (χ3n) is 11.0. The second kappa shape index (κ2) is 21.6. The van der Waals surface area contributed by atoms with Crippen molar-refractivity contribution in [3.8, 4) is 0 Å². The smallest absolute Gasteiger partial charge is 0.363 e. The molecule has 4 aromatic heterocycles. The molecule has 4 atom stereocenters. The number of aromatic nitrogens is 6. The van der Waals surface area contributed by atoms with Crippen LogP contribution < -0.4 is 21.3 Å². The molecule has 0 spiro atoms. The molecule has 4 aromatic rings. The molecule has 2 amide bonds. The van der Waals surface area contributed by atoms with Gasteiger partial charge in [0.2, 0.25) is 5.95 Å². The van der Waals surface area contributed by atoms with Crippen LogP contribution in [-0.4, -0.2) is 105 Å². The Morgan fingerprint density at radius 1 is 0.701 bits per heavy atom. The minimum atomic E-state index is -4.92. The van der Waals surface area contributed by atoms with Crippen LogP contribution in [0.5, 0.6) is 0 Å². The fraction of sp³-hybridized carbons (Fsp3) is 0.500. The molecule has 2 aliphatic rings. The highest BCUT2D eigenvalue weighted by molar-refractivity contribution is 7.89. The van der Waals surface area contributed by atoms with Gasteiger partial charge >= 0.3 is 24.2 Å². The van der Waals surface area contributed by atoms with Gasteiger partial charge in [0.1, 0.15) is 18.5 Å². The summed E-state index contributed by atoms with van der Waals surface area (Å²) in [5, 5.41) is 12.2. The number of rotatable bonds is 12. The van der Waals surface area contributed by atoms with Crippen LogP contribution in [0.25, 0.3) is 0 Å². The highest BCUT2D eigenvalue weighted by Crippen LogP contribution is 2.40. The molecule has 67 heavy (non-hydrogen) atoms. The lowest BCUT2D eigenvalue weighted by molar-refractivity contribution is -0.188. The standard InChI is InChI=1S/C20H25F3N6O3S.C15H21F3N4O.C5H5FN2O2S/c1-19(2)8-13(11-29(19)18(30)20(21,22)23)6-7-15(14-9-25-12-26-10-14)27-16-4-3-5-17(28-16)33(24,31)32;1-14(2)5-10(8-22(14)13(23)15(16,17)18)3-4-12(19)11-6-20-9-21-7-11;6-4-2-1-3-5(8-4)11(7,9)10/h3-5,9-10,12-13,15H,6-8,11H2,1-2H3,(H,27,28)(H2,24,31,32);6-7,9-10,12H,3-5,8,19H2,1-2H3;1-3H,(H2,7,9,10)/t13-,15?;10-,12?;/m00./s1. The van der Waals surface area contributed by atoms with E-state index >= 15 is 0 Å². The monoisotopic (exact) mass is 992 g/mol. The number of primary sulfonamides is 2. The number of sulfonamides is 2. The molecular formula is C40H51F7N12O6S2. The molecule has 0 saturated carbocycles. The van der Waals surface area contributed by atoms with Gasteiger partial charge in [0.15, 0.2) is 10.1 Å². The highest BCUT2D eigenvalue weighted by Gasteiger charge is 2.52. The van der Waals surface area contributed by atoms with Crippen LogP contribution in [0.4, 0.5) is 36.6 Å². The van der Waals surface area contributed by atoms with Gasteiger partial charge in [0.05, 0.1) is 6.04 Å². The first-order valence-electron chi connectivity index (χ1n) is 20.3. The zero-order chi connectivity index (χ0) is 50.2. The van der Waals surface area contributed by atoms with Crippen molar-refractivity contribution in [1.29, 1.82) is 0 Å². The first-order valence-corrected chi connectivity index (χ1v) is 23.4. The van der Waals surface area contributed by atoms with E-state index in [1.165, 1.54) is 30.9 Å². The number of nitrogens with one attached hydrogen (secondary N) is 1. The van der Waals surface area contributed by atoms with E-state index in [-0.39, 0.29) is 41.8 Å². The van der Waals surface area contributed by atoms with Crippen molar-refractivity contribution in [2.45, 2.75) is 112 Å². The van der Waals surface area contributed by atoms with Crippen LogP contribution in [0.3, 0.4) is 0 Å². The summed E-state index contributed by atoms with van der Waals surface area (Å²) in [6.45, 7) is 6.70. The number of likely N-dealkylation sites (tertiary alicyclic amines) is 2. The Morgan fingerprint density at radius 3 is 1.54 bits per heavy atom. The van der Waals surface area contributed by atoms with Crippen molar-refractivity contribution in [2.75, 3.05) is 18.4 Å². The largest absolute Gasteiger partial charge is 0.471 e. The second-order valence-corrected chi connectivity index (χ2v) is 20.2. The maximum absolute atomic E-state index is 13.0. The zero-order valence-corrected chi connectivity index (χ0v) is 38.2. The number of anilines is 1. The summed E-state index contributed by atoms with van der Waals surface area (Å²) in [5.41, 5.74) is 5.85. The Balaban J connectivity index is 0.000000248. The molecule has 27 heteroatoms. The van der Waals surface area contributed by atoms with Gasteiger partial charge in [-0.25, -0.2) is 57.0 Å². The number of pyridine rings is 2. The second-order valence-electron chi connectivity index (χ2n) is 17.1. The third kappa shape index (κ3) is 15.8. The molecule has 2 unspecified atom stereocenters. The summed E-state index contributed by atoms with van der Waals surface area (Å²) in [6, 6.07) is 7.07. The van der Waals surface area contributed by atoms with Crippen LogP contribution >= 0.6 is 0 Å². The molecule has 0 aromatic carbocycles. The fourth-order valence-electron chi connectivity index (χ4n) is 7.86. The van der Waals surface area contributed by atoms with Gasteiger partial charge in [0, 0.05) is 66.1 Å². The van der Waals surface area contributed by atoms with E-state index in [2.05, 4.69) is 40.4 Å². The van der Waals surface area contributed by atoms with E-state index in [4.69, 9.17) is 10.9 Å². The summed E-state index contributed by atoms with van der Waals surface area (Å²) in [6.07, 6.45) is 2.67. The Morgan fingerprint density at radius 2 is 1.12 bits per heavy atom. The first kappa shape index (κ1) is 54.1. The van der Waals surface area contributed by atoms with E-state index in [0.29, 0.717) is 44.1 Å². The van der Waals surface area contributed by atoms with Crippen LogP contribution in [-0.2, 0) is 29.6 Å². The van der Waals surface area contributed by atoms with Gasteiger partial charge in [0.25, 0.3) is 20.0 Å². The average Bonchev–Trinajstić information content (AvgIpc) is 3.73. The molecule has 0 radical (unpaired) electrons. The van der Waals surface area contributed by atoms with Crippen LogP contribution in [0.1, 0.15) is 89.4 Å². The molecule has 2 saturated heterocycles. The summed E-state index contributed by atoms with van der Waals surface area (Å²) >= 11 is 0. The van der Waals surface area contributed by atoms with Gasteiger partial charge in [-0.15, -0.1) is 0 Å². The Hall–Kier alpha value is -5.51. The van der Waals surface area contributed by atoms with E-state index in [1.54, 1.807) is 58.5 Å². The minimum absolute atomic E-state index is 0.00249. The van der Waals surface area contributed by atoms with Crippen LogP contribution in [0.15, 0.2) is 83.9 Å². The lowest BCUT2D eigenvalue weighted by Gasteiger charge is -2.31. The summed E-state index contributed by atoms with van der Waals surface area (Å²) < 4.78 is 134. The fourth-order valence-corrected chi connectivity index (χ4v) is 8.84. The lowest BCUT2D eigenvalue weighted by Crippen LogP contribution is -2.48. The molecule has 2 aliphatic heterocycles. The summed E-state index contributed by atoms with van der Waals surface area (Å²) in [5.74, 6) is -4.33. The minimum Gasteiger partial charge on any atom is -0.363 e. The normalized spacial score (nSPS) is 19.0. The van der Waals surface area contributed by atoms with E-state index in [9.17, 15) is 57.2 Å². The first-order chi connectivity index (χ1) is 30.9. The van der Waals surface area contributed by atoms with Crippen LogP contribution in [0.2, 0.25) is 0 Å². The number of alkyl halides is 6. The van der Waals surface area contributed by atoms with Crippen molar-refractivity contribution in [3.63, 3.8) is 0 Å². The maximum Gasteiger partial charge on any atom is 0.471 e. The SMILES string of the molecule is CC1(C)C[C@H](CCC(N)c2cncnc2)CN1C(=O)C(F)(F)F.CC1(C)C[C@H](CCC(Nc2cccc(S(N)(=O)=O)n2)c2cncnc2)CN1C(=O)C(F)(F)F.NS(=O)(=O)c1cccc(F)n1. The van der Waals surface area contributed by atoms with E-state index < -0.39 is 72.3 Å². The Bertz CT molecular complexity index is 2530. The lowest BCUT2D eigenvalue weighted by atomic mass is 9.91. The van der Waals surface area contributed by atoms with Gasteiger partial charge in [-0.1, -0.05) is 12.1 Å². The Kier molecular flexibility index (Phi) is 17.5. The van der Waals surface area contributed by atoms with E-state index in [0.717, 1.165) is 27.5 Å². The van der Waals surface area contributed by atoms with Crippen molar-refractivity contribution in [1.82, 2.24) is 39.7 Å². The number of carbonyl (C=O) groups is 2. The van der Waals surface area contributed by atoms with Crippen molar-refractivity contribution in [3.05, 3.63) is 90.9 Å². The number of halogens is 7. The molecule has 18 nitrogen and oxygen atoms in total. The van der Waals surface area contributed by atoms with Crippen molar-refractivity contribution in [2.24, 2.45) is 27.8 Å². The number of amides is 2. The predicted octanol–water partition coefficient (Wildman–Crippen LogP) is 4.96. The third-order valence-corrected chi connectivity index (χ3v) is 12.6. The number of nitrogens with zero attached hydrogens (tertiary/aromatic N) is 8. The molecule has 2 fully saturated rings. The predicted molar refractivity (Wildman–Crippen MR) is 227 cm³/mol. The van der Waals surface area contributed by atoms with Gasteiger partial charge in [-0.3, -0.25) is 9.59 Å². The molecule has 0 aliphatic carbocycles. The molecular weight excluding hydrogens is 942 g/mol. The maximum atomic E-state index is 13.0. The average molecular weight is 993 g/mol. The van der Waals surface area contributed by atoms with Crippen molar-refractivity contribution >= 4 is 37.7 Å². The quantitative estimate of drug-likeness (QED) is 0.108. The van der Waals surface area contributed by atoms with Crippen LogP contribution in [0, 0.1) is 17.8 Å². The van der Waals surface area contributed by atoms with Gasteiger partial charge in [-0.2, -0.15) is 30.7 Å². The topological polar surface area (TPSA) is 276 Å². The van der Waals surface area contributed by atoms with Gasteiger partial charge in [-0.05, 0) is 102 Å². The van der Waals surface area contributed by atoms with E-state index in [1.807, 2.05) is 0 Å². The number of hydrogen-bond donors (Lipinski definition) is 4.